The first-order valence-corrected chi connectivity index (χ1v) is 7.50. The van der Waals surface area contributed by atoms with Crippen LogP contribution in [0.15, 0.2) is 18.2 Å². The van der Waals surface area contributed by atoms with Gasteiger partial charge in [0.2, 0.25) is 0 Å². The van der Waals surface area contributed by atoms with E-state index in [0.717, 1.165) is 0 Å². The van der Waals surface area contributed by atoms with E-state index in [0.29, 0.717) is 16.7 Å². The van der Waals surface area contributed by atoms with Crippen LogP contribution in [0.2, 0.25) is 0 Å². The number of ketones is 2. The molecule has 0 unspecified atom stereocenters. The molecular weight excluding hydrogens is 296 g/mol. The second-order valence-electron chi connectivity index (χ2n) is 6.46. The summed E-state index contributed by atoms with van der Waals surface area (Å²) >= 11 is 0. The molecule has 0 bridgehead atoms. The van der Waals surface area contributed by atoms with Gasteiger partial charge in [-0.25, -0.2) is 0 Å². The summed E-state index contributed by atoms with van der Waals surface area (Å²) < 4.78 is 6.75. The summed E-state index contributed by atoms with van der Waals surface area (Å²) in [7, 11) is 1.56. The van der Waals surface area contributed by atoms with Crippen LogP contribution in [0.4, 0.5) is 0 Å². The Labute approximate surface area is 135 Å². The number of carbonyl (C=O) groups excluding carboxylic acids is 2. The van der Waals surface area contributed by atoms with Gasteiger partial charge in [0, 0.05) is 23.3 Å². The van der Waals surface area contributed by atoms with Gasteiger partial charge in [-0.3, -0.25) is 14.3 Å². The van der Waals surface area contributed by atoms with Gasteiger partial charge in [-0.2, -0.15) is 5.10 Å². The first-order chi connectivity index (χ1) is 10.8. The summed E-state index contributed by atoms with van der Waals surface area (Å²) in [5, 5.41) is 14.0. The van der Waals surface area contributed by atoms with Crippen LogP contribution in [-0.4, -0.2) is 40.2 Å². The molecule has 0 spiro atoms. The van der Waals surface area contributed by atoms with E-state index >= 15 is 0 Å². The number of aliphatic hydroxyl groups excluding tert-OH is 1. The maximum absolute atomic E-state index is 12.3. The van der Waals surface area contributed by atoms with Crippen LogP contribution < -0.4 is 4.74 Å². The topological polar surface area (TPSA) is 81.4 Å². The van der Waals surface area contributed by atoms with Crippen LogP contribution in [0, 0.1) is 5.41 Å². The summed E-state index contributed by atoms with van der Waals surface area (Å²) in [4.78, 5) is 24.5. The van der Waals surface area contributed by atoms with Crippen LogP contribution in [0.25, 0.3) is 10.9 Å². The Morgan fingerprint density at radius 2 is 2.00 bits per heavy atom. The third kappa shape index (κ3) is 3.59. The monoisotopic (exact) mass is 318 g/mol. The minimum absolute atomic E-state index is 0.00532. The fourth-order valence-electron chi connectivity index (χ4n) is 2.20. The highest BCUT2D eigenvalue weighted by Gasteiger charge is 2.24. The van der Waals surface area contributed by atoms with Gasteiger partial charge in [0.1, 0.15) is 18.0 Å². The molecule has 1 N–H and O–H groups in total. The van der Waals surface area contributed by atoms with E-state index in [9.17, 15) is 9.59 Å². The standard InChI is InChI=1S/C17H22N2O4/c1-17(2,3)15(22)10-19-13-9-11(23-4)5-6-12(13)16(18-19)14(21)7-8-20/h5-6,9,20H,7-8,10H2,1-4H3. The van der Waals surface area contributed by atoms with Gasteiger partial charge in [0.05, 0.1) is 19.2 Å². The van der Waals surface area contributed by atoms with Crippen LogP contribution in [0.1, 0.15) is 37.7 Å². The zero-order valence-electron chi connectivity index (χ0n) is 13.9. The number of hydrogen-bond acceptors (Lipinski definition) is 5. The van der Waals surface area contributed by atoms with Crippen molar-refractivity contribution in [3.8, 4) is 5.75 Å². The van der Waals surface area contributed by atoms with Crippen molar-refractivity contribution in [2.75, 3.05) is 13.7 Å². The number of fused-ring (bicyclic) bond motifs is 1. The predicted octanol–water partition coefficient (Wildman–Crippen LogP) is 2.23. The zero-order chi connectivity index (χ0) is 17.2. The SMILES string of the molecule is COc1ccc2c(C(=O)CCO)nn(CC(=O)C(C)(C)C)c2c1. The highest BCUT2D eigenvalue weighted by molar-refractivity contribution is 6.06. The molecule has 2 aromatic rings. The lowest BCUT2D eigenvalue weighted by Crippen LogP contribution is -2.25. The smallest absolute Gasteiger partial charge is 0.185 e. The summed E-state index contributed by atoms with van der Waals surface area (Å²) in [5.41, 5.74) is 0.452. The van der Waals surface area contributed by atoms with Gasteiger partial charge in [0.15, 0.2) is 11.6 Å². The van der Waals surface area contributed by atoms with E-state index in [1.54, 1.807) is 25.3 Å². The molecule has 124 valence electrons. The van der Waals surface area contributed by atoms with Gasteiger partial charge in [-0.05, 0) is 12.1 Å². The predicted molar refractivity (Wildman–Crippen MR) is 86.8 cm³/mol. The lowest BCUT2D eigenvalue weighted by atomic mass is 9.91. The largest absolute Gasteiger partial charge is 0.497 e. The number of hydrogen-bond donors (Lipinski definition) is 1. The molecular formula is C17H22N2O4. The number of ether oxygens (including phenoxy) is 1. The quantitative estimate of drug-likeness (QED) is 0.826. The molecule has 6 nitrogen and oxygen atoms in total. The molecule has 6 heteroatoms. The Morgan fingerprint density at radius 3 is 2.57 bits per heavy atom. The molecule has 0 saturated carbocycles. The van der Waals surface area contributed by atoms with Gasteiger partial charge in [-0.1, -0.05) is 20.8 Å². The molecule has 0 aliphatic rings. The molecule has 1 heterocycles. The maximum Gasteiger partial charge on any atom is 0.185 e. The molecule has 0 atom stereocenters. The second kappa shape index (κ2) is 6.50. The lowest BCUT2D eigenvalue weighted by Gasteiger charge is -2.16. The normalized spacial score (nSPS) is 11.7. The molecule has 0 aliphatic carbocycles. The van der Waals surface area contributed by atoms with Crippen molar-refractivity contribution in [3.05, 3.63) is 23.9 Å². The number of nitrogens with zero attached hydrogens (tertiary/aromatic N) is 2. The van der Waals surface area contributed by atoms with Crippen LogP contribution in [0.3, 0.4) is 0 Å². The number of aromatic nitrogens is 2. The van der Waals surface area contributed by atoms with E-state index in [4.69, 9.17) is 9.84 Å². The van der Waals surface area contributed by atoms with E-state index in [1.165, 1.54) is 4.68 Å². The Morgan fingerprint density at radius 1 is 1.30 bits per heavy atom. The number of benzene rings is 1. The molecule has 0 fully saturated rings. The van der Waals surface area contributed by atoms with Crippen molar-refractivity contribution in [2.45, 2.75) is 33.7 Å². The number of aliphatic hydroxyl groups is 1. The molecule has 1 aromatic heterocycles. The summed E-state index contributed by atoms with van der Waals surface area (Å²) in [6, 6.07) is 5.26. The van der Waals surface area contributed by atoms with Gasteiger partial charge < -0.3 is 9.84 Å². The number of Topliss-reactive ketones (excluding diaryl/α,β-unsaturated/α-hetero) is 2. The molecule has 2 rings (SSSR count). The van der Waals surface area contributed by atoms with Crippen LogP contribution in [0.5, 0.6) is 5.75 Å². The molecule has 0 radical (unpaired) electrons. The summed E-state index contributed by atoms with van der Waals surface area (Å²) in [6.07, 6.45) is 0.00532. The fourth-order valence-corrected chi connectivity index (χ4v) is 2.20. The van der Waals surface area contributed by atoms with Gasteiger partial charge in [-0.15, -0.1) is 0 Å². The Kier molecular flexibility index (Phi) is 4.85. The molecule has 0 aliphatic heterocycles. The highest BCUT2D eigenvalue weighted by Crippen LogP contribution is 2.26. The van der Waals surface area contributed by atoms with Crippen molar-refractivity contribution in [2.24, 2.45) is 5.41 Å². The molecule has 1 aromatic carbocycles. The minimum Gasteiger partial charge on any atom is -0.497 e. The lowest BCUT2D eigenvalue weighted by molar-refractivity contribution is -0.127. The summed E-state index contributed by atoms with van der Waals surface area (Å²) in [5.74, 6) is 0.401. The van der Waals surface area contributed by atoms with Crippen LogP contribution >= 0.6 is 0 Å². The number of carbonyl (C=O) groups is 2. The minimum atomic E-state index is -0.494. The van der Waals surface area contributed by atoms with E-state index in [-0.39, 0.29) is 36.8 Å². The number of rotatable bonds is 6. The van der Waals surface area contributed by atoms with Crippen molar-refractivity contribution in [1.82, 2.24) is 9.78 Å². The van der Waals surface area contributed by atoms with E-state index in [2.05, 4.69) is 5.10 Å². The third-order valence-electron chi connectivity index (χ3n) is 3.69. The molecule has 0 saturated heterocycles. The fraction of sp³-hybridized carbons (Fsp3) is 0.471. The Hall–Kier alpha value is -2.21. The van der Waals surface area contributed by atoms with Crippen molar-refractivity contribution in [1.29, 1.82) is 0 Å². The second-order valence-corrected chi connectivity index (χ2v) is 6.46. The van der Waals surface area contributed by atoms with Crippen molar-refractivity contribution >= 4 is 22.5 Å². The first kappa shape index (κ1) is 17.1. The van der Waals surface area contributed by atoms with E-state index in [1.807, 2.05) is 20.8 Å². The van der Waals surface area contributed by atoms with Crippen molar-refractivity contribution in [3.63, 3.8) is 0 Å². The first-order valence-electron chi connectivity index (χ1n) is 7.50. The number of methoxy groups -OCH3 is 1. The van der Waals surface area contributed by atoms with Gasteiger partial charge >= 0.3 is 0 Å². The third-order valence-corrected chi connectivity index (χ3v) is 3.69. The highest BCUT2D eigenvalue weighted by atomic mass is 16.5. The summed E-state index contributed by atoms with van der Waals surface area (Å²) in [6.45, 7) is 5.39. The Bertz CT molecular complexity index is 741. The molecule has 23 heavy (non-hydrogen) atoms. The molecule has 0 amide bonds. The average Bonchev–Trinajstić information content (AvgIpc) is 2.84. The Balaban J connectivity index is 2.54. The van der Waals surface area contributed by atoms with Crippen molar-refractivity contribution < 1.29 is 19.4 Å². The maximum atomic E-state index is 12.3. The average molecular weight is 318 g/mol. The van der Waals surface area contributed by atoms with E-state index < -0.39 is 5.41 Å². The van der Waals surface area contributed by atoms with Gasteiger partial charge in [0.25, 0.3) is 0 Å². The van der Waals surface area contributed by atoms with Crippen LogP contribution in [-0.2, 0) is 11.3 Å². The zero-order valence-corrected chi connectivity index (χ0v) is 13.9.